The topological polar surface area (TPSA) is 100 Å². The molecular weight excluding hydrogens is 336 g/mol. The van der Waals surface area contributed by atoms with Crippen LogP contribution in [0.4, 0.5) is 4.79 Å². The number of hydrogen-bond acceptors (Lipinski definition) is 6. The minimum absolute atomic E-state index is 0.0684. The van der Waals surface area contributed by atoms with Crippen LogP contribution < -0.4 is 10.6 Å². The lowest BCUT2D eigenvalue weighted by atomic mass is 9.95. The average Bonchev–Trinajstić information content (AvgIpc) is 2.60. The van der Waals surface area contributed by atoms with Gasteiger partial charge >= 0.3 is 6.09 Å². The minimum Gasteiger partial charge on any atom is -0.504 e. The van der Waals surface area contributed by atoms with Crippen molar-refractivity contribution in [1.82, 2.24) is 10.6 Å². The highest BCUT2D eigenvalue weighted by atomic mass is 16.7. The molecule has 7 nitrogen and oxygen atoms in total. The zero-order valence-corrected chi connectivity index (χ0v) is 16.0. The Kier molecular flexibility index (Phi) is 10.5. The van der Waals surface area contributed by atoms with Gasteiger partial charge in [-0.3, -0.25) is 0 Å². The normalized spacial score (nSPS) is 13.2. The van der Waals surface area contributed by atoms with Gasteiger partial charge in [0, 0.05) is 6.54 Å². The number of phenols is 2. The van der Waals surface area contributed by atoms with Crippen LogP contribution in [-0.4, -0.2) is 49.8 Å². The minimum atomic E-state index is -0.539. The third kappa shape index (κ3) is 9.48. The van der Waals surface area contributed by atoms with E-state index in [9.17, 15) is 15.0 Å². The Bertz CT molecular complexity index is 539. The van der Waals surface area contributed by atoms with Crippen molar-refractivity contribution < 1.29 is 24.5 Å². The number of rotatable bonds is 12. The number of amides is 1. The lowest BCUT2D eigenvalue weighted by Gasteiger charge is -2.17. The number of carbonyl (C=O) groups is 1. The van der Waals surface area contributed by atoms with Crippen LogP contribution in [0.2, 0.25) is 0 Å². The van der Waals surface area contributed by atoms with Crippen LogP contribution in [-0.2, 0) is 15.9 Å². The van der Waals surface area contributed by atoms with Gasteiger partial charge in [0.05, 0.1) is 6.61 Å². The number of alkyl carbamates (subject to hydrolysis) is 1. The second-order valence-corrected chi connectivity index (χ2v) is 6.76. The molecule has 0 fully saturated rings. The van der Waals surface area contributed by atoms with E-state index >= 15 is 0 Å². The Morgan fingerprint density at radius 3 is 2.62 bits per heavy atom. The van der Waals surface area contributed by atoms with Crippen molar-refractivity contribution in [3.05, 3.63) is 23.8 Å². The Balaban J connectivity index is 2.08. The summed E-state index contributed by atoms with van der Waals surface area (Å²) in [6.07, 6.45) is 2.19. The van der Waals surface area contributed by atoms with Crippen molar-refractivity contribution in [3.8, 4) is 11.5 Å². The van der Waals surface area contributed by atoms with Gasteiger partial charge in [-0.25, -0.2) is 4.79 Å². The first-order valence-electron chi connectivity index (χ1n) is 9.06. The van der Waals surface area contributed by atoms with E-state index in [0.717, 1.165) is 24.9 Å². The van der Waals surface area contributed by atoms with Crippen molar-refractivity contribution in [2.45, 2.75) is 33.1 Å². The number of aromatic hydroxyl groups is 2. The quantitative estimate of drug-likeness (QED) is 0.257. The summed E-state index contributed by atoms with van der Waals surface area (Å²) < 4.78 is 10.4. The molecule has 0 aliphatic heterocycles. The highest BCUT2D eigenvalue weighted by molar-refractivity contribution is 5.66. The van der Waals surface area contributed by atoms with E-state index in [1.807, 2.05) is 7.05 Å². The monoisotopic (exact) mass is 368 g/mol. The molecule has 2 atom stereocenters. The third-order valence-corrected chi connectivity index (χ3v) is 4.09. The Hall–Kier alpha value is -1.99. The number of benzene rings is 1. The fraction of sp³-hybridized carbons (Fsp3) is 0.632. The molecule has 0 radical (unpaired) electrons. The standard InChI is InChI=1S/C19H32N2O5/c1-14(6-8-20-3)10-15(2)12-25-13-26-19(24)21-9-7-16-4-5-17(22)18(23)11-16/h4-5,11,14-15,20,22-23H,6-10,12-13H2,1-3H3,(H,21,24). The van der Waals surface area contributed by atoms with Gasteiger partial charge in [0.2, 0.25) is 0 Å². The molecular formula is C19H32N2O5. The van der Waals surface area contributed by atoms with Crippen molar-refractivity contribution in [2.75, 3.05) is 33.5 Å². The first-order valence-corrected chi connectivity index (χ1v) is 9.06. The second kappa shape index (κ2) is 12.4. The lowest BCUT2D eigenvalue weighted by molar-refractivity contribution is -0.0286. The molecule has 4 N–H and O–H groups in total. The molecule has 148 valence electrons. The molecule has 1 rings (SSSR count). The largest absolute Gasteiger partial charge is 0.504 e. The third-order valence-electron chi connectivity index (χ3n) is 4.09. The van der Waals surface area contributed by atoms with E-state index in [2.05, 4.69) is 24.5 Å². The maximum atomic E-state index is 11.6. The molecule has 0 aliphatic rings. The van der Waals surface area contributed by atoms with Crippen molar-refractivity contribution >= 4 is 6.09 Å². The molecule has 0 aromatic heterocycles. The molecule has 0 bridgehead atoms. The molecule has 1 aromatic carbocycles. The fourth-order valence-corrected chi connectivity index (χ4v) is 2.69. The molecule has 0 aliphatic carbocycles. The molecule has 1 aromatic rings. The molecule has 0 saturated carbocycles. The highest BCUT2D eigenvalue weighted by Gasteiger charge is 2.09. The van der Waals surface area contributed by atoms with Crippen LogP contribution in [0, 0.1) is 11.8 Å². The van der Waals surface area contributed by atoms with Gasteiger partial charge < -0.3 is 30.3 Å². The van der Waals surface area contributed by atoms with Gasteiger partial charge in [-0.1, -0.05) is 19.9 Å². The van der Waals surface area contributed by atoms with Gasteiger partial charge in [-0.2, -0.15) is 0 Å². The van der Waals surface area contributed by atoms with Crippen molar-refractivity contribution in [1.29, 1.82) is 0 Å². The van der Waals surface area contributed by atoms with Gasteiger partial charge in [0.1, 0.15) is 0 Å². The first kappa shape index (κ1) is 22.1. The summed E-state index contributed by atoms with van der Waals surface area (Å²) in [5, 5.41) is 24.4. The fourth-order valence-electron chi connectivity index (χ4n) is 2.69. The van der Waals surface area contributed by atoms with Crippen molar-refractivity contribution in [2.24, 2.45) is 11.8 Å². The maximum absolute atomic E-state index is 11.6. The summed E-state index contributed by atoms with van der Waals surface area (Å²) in [4.78, 5) is 11.6. The van der Waals surface area contributed by atoms with E-state index in [0.29, 0.717) is 31.4 Å². The van der Waals surface area contributed by atoms with E-state index in [1.165, 1.54) is 12.1 Å². The maximum Gasteiger partial charge on any atom is 0.409 e. The molecule has 7 heteroatoms. The van der Waals surface area contributed by atoms with Gasteiger partial charge in [0.25, 0.3) is 0 Å². The van der Waals surface area contributed by atoms with Crippen LogP contribution >= 0.6 is 0 Å². The van der Waals surface area contributed by atoms with Crippen molar-refractivity contribution in [3.63, 3.8) is 0 Å². The van der Waals surface area contributed by atoms with E-state index in [1.54, 1.807) is 6.07 Å². The number of hydrogen-bond donors (Lipinski definition) is 4. The summed E-state index contributed by atoms with van der Waals surface area (Å²) in [6.45, 7) is 6.23. The lowest BCUT2D eigenvalue weighted by Crippen LogP contribution is -2.27. The van der Waals surface area contributed by atoms with Crippen LogP contribution in [0.5, 0.6) is 11.5 Å². The number of nitrogens with one attached hydrogen (secondary N) is 2. The molecule has 0 saturated heterocycles. The van der Waals surface area contributed by atoms with Gasteiger partial charge in [-0.05, 0) is 62.4 Å². The highest BCUT2D eigenvalue weighted by Crippen LogP contribution is 2.24. The Labute approximate surface area is 155 Å². The van der Waals surface area contributed by atoms with Gasteiger partial charge in [-0.15, -0.1) is 0 Å². The van der Waals surface area contributed by atoms with E-state index in [4.69, 9.17) is 9.47 Å². The SMILES string of the molecule is CNCCC(C)CC(C)COCOC(=O)NCCc1ccc(O)c(O)c1. The summed E-state index contributed by atoms with van der Waals surface area (Å²) in [5.41, 5.74) is 0.804. The number of ether oxygens (including phenoxy) is 2. The molecule has 2 unspecified atom stereocenters. The number of phenolic OH excluding ortho intramolecular Hbond substituents is 2. The average molecular weight is 368 g/mol. The van der Waals surface area contributed by atoms with Crippen LogP contribution in [0.25, 0.3) is 0 Å². The summed E-state index contributed by atoms with van der Waals surface area (Å²) >= 11 is 0. The molecule has 1 amide bonds. The summed E-state index contributed by atoms with van der Waals surface area (Å²) in [7, 11) is 1.95. The smallest absolute Gasteiger partial charge is 0.409 e. The van der Waals surface area contributed by atoms with E-state index in [-0.39, 0.29) is 18.3 Å². The van der Waals surface area contributed by atoms with Crippen LogP contribution in [0.3, 0.4) is 0 Å². The Morgan fingerprint density at radius 2 is 1.92 bits per heavy atom. The zero-order chi connectivity index (χ0) is 19.4. The zero-order valence-electron chi connectivity index (χ0n) is 16.0. The molecule has 26 heavy (non-hydrogen) atoms. The van der Waals surface area contributed by atoms with Gasteiger partial charge in [0.15, 0.2) is 18.3 Å². The molecule has 0 heterocycles. The number of carbonyl (C=O) groups excluding carboxylic acids is 1. The van der Waals surface area contributed by atoms with E-state index < -0.39 is 6.09 Å². The summed E-state index contributed by atoms with van der Waals surface area (Å²) in [6, 6.07) is 4.56. The van der Waals surface area contributed by atoms with Crippen LogP contribution in [0.15, 0.2) is 18.2 Å². The Morgan fingerprint density at radius 1 is 1.15 bits per heavy atom. The van der Waals surface area contributed by atoms with Crippen LogP contribution in [0.1, 0.15) is 32.3 Å². The summed E-state index contributed by atoms with van der Waals surface area (Å²) in [5.74, 6) is 0.706. The second-order valence-electron chi connectivity index (χ2n) is 6.76. The predicted octanol–water partition coefficient (Wildman–Crippen LogP) is 2.61. The first-order chi connectivity index (χ1) is 12.4. The predicted molar refractivity (Wildman–Crippen MR) is 100 cm³/mol. The molecule has 0 spiro atoms.